The number of pyridine rings is 1. The molecule has 74 valence electrons. The predicted molar refractivity (Wildman–Crippen MR) is 50.3 cm³/mol. The third kappa shape index (κ3) is 2.65. The summed E-state index contributed by atoms with van der Waals surface area (Å²) in [6, 6.07) is 3.18. The largest absolute Gasteiger partial charge is 0.481 e. The Labute approximate surface area is 81.6 Å². The van der Waals surface area contributed by atoms with E-state index in [4.69, 9.17) is 5.11 Å². The van der Waals surface area contributed by atoms with Crippen LogP contribution in [0.4, 0.5) is 0 Å². The van der Waals surface area contributed by atoms with Gasteiger partial charge in [-0.2, -0.15) is 0 Å². The topological polar surface area (TPSA) is 67.3 Å². The van der Waals surface area contributed by atoms with Gasteiger partial charge in [-0.1, -0.05) is 0 Å². The number of carboxylic acids is 1. The number of nitrogens with zero attached hydrogens (tertiary/aromatic N) is 1. The molecule has 0 radical (unpaired) electrons. The van der Waals surface area contributed by atoms with Crippen LogP contribution in [0, 0.1) is 6.92 Å². The Balaban J connectivity index is 3.07. The summed E-state index contributed by atoms with van der Waals surface area (Å²) in [4.78, 5) is 25.5. The number of aryl methyl sites for hydroxylation is 1. The van der Waals surface area contributed by atoms with E-state index in [1.807, 2.05) is 0 Å². The molecule has 14 heavy (non-hydrogen) atoms. The number of carboxylic acid groups (broad SMARTS) is 1. The summed E-state index contributed by atoms with van der Waals surface area (Å²) < 4.78 is 0. The molecule has 0 spiro atoms. The van der Waals surface area contributed by atoms with Crippen molar-refractivity contribution in [2.45, 2.75) is 20.3 Å². The monoisotopic (exact) mass is 193 g/mol. The highest BCUT2D eigenvalue weighted by atomic mass is 16.4. The summed E-state index contributed by atoms with van der Waals surface area (Å²) in [6.45, 7) is 3.14. The van der Waals surface area contributed by atoms with Crippen LogP contribution in [-0.2, 0) is 11.2 Å². The van der Waals surface area contributed by atoms with Crippen molar-refractivity contribution in [3.05, 3.63) is 29.1 Å². The van der Waals surface area contributed by atoms with Gasteiger partial charge in [0.1, 0.15) is 5.69 Å². The highest BCUT2D eigenvalue weighted by Gasteiger charge is 2.06. The minimum atomic E-state index is -0.912. The van der Waals surface area contributed by atoms with Crippen LogP contribution >= 0.6 is 0 Å². The quantitative estimate of drug-likeness (QED) is 0.733. The fourth-order valence-electron chi connectivity index (χ4n) is 1.20. The maximum Gasteiger partial charge on any atom is 0.307 e. The van der Waals surface area contributed by atoms with Gasteiger partial charge >= 0.3 is 5.97 Å². The van der Waals surface area contributed by atoms with E-state index in [9.17, 15) is 9.59 Å². The van der Waals surface area contributed by atoms with Gasteiger partial charge in [0.15, 0.2) is 5.78 Å². The number of rotatable bonds is 3. The predicted octanol–water partition coefficient (Wildman–Crippen LogP) is 1.22. The summed E-state index contributed by atoms with van der Waals surface area (Å²) in [5.74, 6) is -1.06. The van der Waals surface area contributed by atoms with Gasteiger partial charge in [-0.15, -0.1) is 0 Å². The molecule has 1 aromatic rings. The minimum absolute atomic E-state index is 0.0797. The molecule has 4 heteroatoms. The van der Waals surface area contributed by atoms with Gasteiger partial charge in [-0.25, -0.2) is 0 Å². The van der Waals surface area contributed by atoms with Gasteiger partial charge in [0, 0.05) is 12.6 Å². The maximum atomic E-state index is 11.0. The third-order valence-electron chi connectivity index (χ3n) is 1.73. The first kappa shape index (κ1) is 10.4. The lowest BCUT2D eigenvalue weighted by Crippen LogP contribution is -2.05. The summed E-state index contributed by atoms with van der Waals surface area (Å²) in [6.07, 6.45) is -0.0797. The highest BCUT2D eigenvalue weighted by Crippen LogP contribution is 2.07. The van der Waals surface area contributed by atoms with E-state index in [-0.39, 0.29) is 12.2 Å². The number of hydrogen-bond donors (Lipinski definition) is 1. The lowest BCUT2D eigenvalue weighted by Gasteiger charge is -2.02. The van der Waals surface area contributed by atoms with Crippen LogP contribution < -0.4 is 0 Å². The average Bonchev–Trinajstić information content (AvgIpc) is 2.01. The molecule has 1 aromatic heterocycles. The first-order valence-electron chi connectivity index (χ1n) is 4.19. The van der Waals surface area contributed by atoms with E-state index in [2.05, 4.69) is 4.98 Å². The van der Waals surface area contributed by atoms with Gasteiger partial charge in [-0.3, -0.25) is 14.6 Å². The smallest absolute Gasteiger partial charge is 0.307 e. The number of aromatic nitrogens is 1. The summed E-state index contributed by atoms with van der Waals surface area (Å²) in [5.41, 5.74) is 1.59. The zero-order chi connectivity index (χ0) is 10.7. The fraction of sp³-hybridized carbons (Fsp3) is 0.300. The molecule has 0 aliphatic rings. The maximum absolute atomic E-state index is 11.0. The van der Waals surface area contributed by atoms with Crippen LogP contribution in [0.2, 0.25) is 0 Å². The second-order valence-corrected chi connectivity index (χ2v) is 3.13. The number of hydrogen-bond acceptors (Lipinski definition) is 3. The molecule has 0 amide bonds. The Morgan fingerprint density at radius 1 is 1.43 bits per heavy atom. The van der Waals surface area contributed by atoms with Crippen LogP contribution in [0.25, 0.3) is 0 Å². The first-order valence-corrected chi connectivity index (χ1v) is 4.19. The van der Waals surface area contributed by atoms with Crippen molar-refractivity contribution >= 4 is 11.8 Å². The van der Waals surface area contributed by atoms with Gasteiger partial charge in [0.25, 0.3) is 0 Å². The molecule has 1 heterocycles. The Hall–Kier alpha value is -1.71. The molecule has 0 aliphatic heterocycles. The van der Waals surface area contributed by atoms with Crippen LogP contribution in [0.1, 0.15) is 28.7 Å². The molecule has 1 N–H and O–H groups in total. The summed E-state index contributed by atoms with van der Waals surface area (Å²) in [7, 11) is 0. The van der Waals surface area contributed by atoms with Crippen molar-refractivity contribution in [3.63, 3.8) is 0 Å². The zero-order valence-electron chi connectivity index (χ0n) is 8.07. The Morgan fingerprint density at radius 3 is 2.57 bits per heavy atom. The molecule has 0 fully saturated rings. The first-order chi connectivity index (χ1) is 6.49. The van der Waals surface area contributed by atoms with E-state index < -0.39 is 5.97 Å². The van der Waals surface area contributed by atoms with Gasteiger partial charge < -0.3 is 5.11 Å². The second-order valence-electron chi connectivity index (χ2n) is 3.13. The number of ketones is 1. The SMILES string of the molecule is CC(=O)c1cc(CC(=O)O)cc(C)n1. The van der Waals surface area contributed by atoms with Crippen molar-refractivity contribution in [1.82, 2.24) is 4.98 Å². The molecule has 0 saturated heterocycles. The Bertz CT molecular complexity index is 385. The fourth-order valence-corrected chi connectivity index (χ4v) is 1.20. The van der Waals surface area contributed by atoms with E-state index in [0.29, 0.717) is 17.0 Å². The Kier molecular flexibility index (Phi) is 2.96. The van der Waals surface area contributed by atoms with E-state index in [1.165, 1.54) is 13.0 Å². The van der Waals surface area contributed by atoms with E-state index >= 15 is 0 Å². The minimum Gasteiger partial charge on any atom is -0.481 e. The number of carbonyl (C=O) groups is 2. The second kappa shape index (κ2) is 4.00. The third-order valence-corrected chi connectivity index (χ3v) is 1.73. The molecule has 0 aliphatic carbocycles. The molecule has 0 atom stereocenters. The van der Waals surface area contributed by atoms with Crippen LogP contribution in [-0.4, -0.2) is 21.8 Å². The van der Waals surface area contributed by atoms with Crippen LogP contribution in [0.5, 0.6) is 0 Å². The molecule has 0 aromatic carbocycles. The molecule has 0 bridgehead atoms. The van der Waals surface area contributed by atoms with E-state index in [1.54, 1.807) is 13.0 Å². The van der Waals surface area contributed by atoms with E-state index in [0.717, 1.165) is 0 Å². The summed E-state index contributed by atoms with van der Waals surface area (Å²) >= 11 is 0. The molecular weight excluding hydrogens is 182 g/mol. The Morgan fingerprint density at radius 2 is 2.07 bits per heavy atom. The van der Waals surface area contributed by atoms with Crippen LogP contribution in [0.3, 0.4) is 0 Å². The average molecular weight is 193 g/mol. The standard InChI is InChI=1S/C10H11NO3/c1-6-3-8(5-10(13)14)4-9(11-6)7(2)12/h3-4H,5H2,1-2H3,(H,13,14). The lowest BCUT2D eigenvalue weighted by atomic mass is 10.1. The lowest BCUT2D eigenvalue weighted by molar-refractivity contribution is -0.136. The van der Waals surface area contributed by atoms with Crippen LogP contribution in [0.15, 0.2) is 12.1 Å². The number of aliphatic carboxylic acids is 1. The van der Waals surface area contributed by atoms with Crippen molar-refractivity contribution < 1.29 is 14.7 Å². The van der Waals surface area contributed by atoms with Crippen molar-refractivity contribution in [2.24, 2.45) is 0 Å². The normalized spacial score (nSPS) is 9.86. The molecular formula is C10H11NO3. The van der Waals surface area contributed by atoms with Gasteiger partial charge in [-0.05, 0) is 24.6 Å². The van der Waals surface area contributed by atoms with Crippen molar-refractivity contribution in [3.8, 4) is 0 Å². The van der Waals surface area contributed by atoms with Crippen molar-refractivity contribution in [1.29, 1.82) is 0 Å². The molecule has 1 rings (SSSR count). The van der Waals surface area contributed by atoms with Gasteiger partial charge in [0.05, 0.1) is 6.42 Å². The van der Waals surface area contributed by atoms with Crippen molar-refractivity contribution in [2.75, 3.05) is 0 Å². The number of Topliss-reactive ketones (excluding diaryl/α,β-unsaturated/α-hetero) is 1. The molecule has 4 nitrogen and oxygen atoms in total. The summed E-state index contributed by atoms with van der Waals surface area (Å²) in [5, 5.41) is 8.58. The highest BCUT2D eigenvalue weighted by molar-refractivity contribution is 5.92. The number of carbonyl (C=O) groups excluding carboxylic acids is 1. The molecule has 0 unspecified atom stereocenters. The molecule has 0 saturated carbocycles. The zero-order valence-corrected chi connectivity index (χ0v) is 8.07. The van der Waals surface area contributed by atoms with Gasteiger partial charge in [0.2, 0.25) is 0 Å².